The van der Waals surface area contributed by atoms with Gasteiger partial charge in [-0.1, -0.05) is 18.2 Å². The van der Waals surface area contributed by atoms with Crippen LogP contribution in [0.25, 0.3) is 5.57 Å². The van der Waals surface area contributed by atoms with Crippen molar-refractivity contribution in [1.82, 2.24) is 10.4 Å². The first-order valence-electron chi connectivity index (χ1n) is 9.17. The summed E-state index contributed by atoms with van der Waals surface area (Å²) < 4.78 is 0. The fourth-order valence-electron chi connectivity index (χ4n) is 3.81. The van der Waals surface area contributed by atoms with Crippen molar-refractivity contribution < 1.29 is 4.79 Å². The van der Waals surface area contributed by atoms with Crippen LogP contribution < -0.4 is 10.3 Å². The molecule has 1 aromatic heterocycles. The average Bonchev–Trinajstić information content (AvgIpc) is 2.61. The molecule has 5 heteroatoms. The van der Waals surface area contributed by atoms with E-state index in [0.29, 0.717) is 11.7 Å². The normalized spacial score (nSPS) is 15.6. The van der Waals surface area contributed by atoms with Crippen LogP contribution in [0.2, 0.25) is 0 Å². The van der Waals surface area contributed by atoms with Gasteiger partial charge in [0.15, 0.2) is 0 Å². The Labute approximate surface area is 160 Å². The number of benzene rings is 1. The van der Waals surface area contributed by atoms with Crippen LogP contribution in [0.4, 0.5) is 5.69 Å². The number of carbonyl (C=O) groups is 1. The first-order valence-corrected chi connectivity index (χ1v) is 9.17. The van der Waals surface area contributed by atoms with E-state index >= 15 is 0 Å². The van der Waals surface area contributed by atoms with Crippen LogP contribution in [0.1, 0.15) is 56.2 Å². The Morgan fingerprint density at radius 1 is 1.26 bits per heavy atom. The summed E-state index contributed by atoms with van der Waals surface area (Å²) in [5, 5.41) is 4.08. The van der Waals surface area contributed by atoms with Crippen LogP contribution in [-0.2, 0) is 0 Å². The smallest absolute Gasteiger partial charge is 0.289 e. The van der Waals surface area contributed by atoms with Crippen LogP contribution >= 0.6 is 0 Å². The maximum atomic E-state index is 12.0. The number of amides is 1. The van der Waals surface area contributed by atoms with E-state index in [1.165, 1.54) is 16.8 Å². The van der Waals surface area contributed by atoms with Gasteiger partial charge in [-0.3, -0.25) is 9.78 Å². The van der Waals surface area contributed by atoms with Gasteiger partial charge >= 0.3 is 0 Å². The zero-order valence-electron chi connectivity index (χ0n) is 16.5. The third kappa shape index (κ3) is 3.92. The first-order chi connectivity index (χ1) is 12.8. The van der Waals surface area contributed by atoms with Crippen molar-refractivity contribution in [2.24, 2.45) is 5.10 Å². The monoisotopic (exact) mass is 362 g/mol. The Morgan fingerprint density at radius 3 is 2.70 bits per heavy atom. The summed E-state index contributed by atoms with van der Waals surface area (Å²) in [6.45, 7) is 11.0. The molecular formula is C22H26N4O. The van der Waals surface area contributed by atoms with Crippen LogP contribution in [0.15, 0.2) is 53.8 Å². The molecule has 0 aliphatic carbocycles. The highest BCUT2D eigenvalue weighted by atomic mass is 16.2. The van der Waals surface area contributed by atoms with E-state index in [-0.39, 0.29) is 11.4 Å². The standard InChI is InChI=1S/C22H26N4O/c1-15(2)26-20-10-9-17(12-18(20)16(3)13-22(26,4)5)14-24-25-21(27)19-8-6-7-11-23-19/h6-15H,1-5H3,(H,25,27)/b24-14-. The molecule has 1 aliphatic heterocycles. The molecule has 0 fully saturated rings. The van der Waals surface area contributed by atoms with Gasteiger partial charge in [0.05, 0.1) is 11.8 Å². The van der Waals surface area contributed by atoms with E-state index in [0.717, 1.165) is 5.56 Å². The van der Waals surface area contributed by atoms with Crippen molar-refractivity contribution >= 4 is 23.4 Å². The summed E-state index contributed by atoms with van der Waals surface area (Å²) in [6.07, 6.45) is 5.55. The van der Waals surface area contributed by atoms with E-state index in [1.54, 1.807) is 30.6 Å². The number of hydrogen-bond acceptors (Lipinski definition) is 4. The predicted molar refractivity (Wildman–Crippen MR) is 111 cm³/mol. The molecule has 0 unspecified atom stereocenters. The largest absolute Gasteiger partial charge is 0.360 e. The minimum absolute atomic E-state index is 0.0302. The Bertz CT molecular complexity index is 898. The minimum atomic E-state index is -0.325. The molecule has 1 N–H and O–H groups in total. The Hall–Kier alpha value is -2.95. The zero-order chi connectivity index (χ0) is 19.6. The minimum Gasteiger partial charge on any atom is -0.360 e. The second-order valence-corrected chi connectivity index (χ2v) is 7.64. The zero-order valence-corrected chi connectivity index (χ0v) is 16.5. The van der Waals surface area contributed by atoms with E-state index in [1.807, 2.05) is 6.07 Å². The number of anilines is 1. The fraction of sp³-hybridized carbons (Fsp3) is 0.318. The lowest BCUT2D eigenvalue weighted by Gasteiger charge is -2.46. The van der Waals surface area contributed by atoms with E-state index in [4.69, 9.17) is 0 Å². The number of nitrogens with zero attached hydrogens (tertiary/aromatic N) is 3. The highest BCUT2D eigenvalue weighted by molar-refractivity contribution is 5.93. The molecular weight excluding hydrogens is 336 g/mol. The quantitative estimate of drug-likeness (QED) is 0.653. The van der Waals surface area contributed by atoms with Crippen LogP contribution in [-0.4, -0.2) is 28.7 Å². The van der Waals surface area contributed by atoms with Crippen LogP contribution in [0, 0.1) is 0 Å². The predicted octanol–water partition coefficient (Wildman–Crippen LogP) is 4.26. The average molecular weight is 362 g/mol. The number of aromatic nitrogens is 1. The van der Waals surface area contributed by atoms with Gasteiger partial charge in [-0.05, 0) is 70.0 Å². The number of nitrogens with one attached hydrogen (secondary N) is 1. The van der Waals surface area contributed by atoms with Crippen molar-refractivity contribution in [3.05, 3.63) is 65.5 Å². The number of hydrogen-bond donors (Lipinski definition) is 1. The Kier molecular flexibility index (Phi) is 5.13. The molecule has 5 nitrogen and oxygen atoms in total. The summed E-state index contributed by atoms with van der Waals surface area (Å²) in [5.41, 5.74) is 7.44. The molecule has 0 radical (unpaired) electrons. The van der Waals surface area contributed by atoms with E-state index < -0.39 is 0 Å². The second-order valence-electron chi connectivity index (χ2n) is 7.64. The molecule has 1 amide bonds. The van der Waals surface area contributed by atoms with E-state index in [9.17, 15) is 4.79 Å². The molecule has 27 heavy (non-hydrogen) atoms. The van der Waals surface area contributed by atoms with Crippen molar-refractivity contribution in [1.29, 1.82) is 0 Å². The number of hydrazone groups is 1. The maximum absolute atomic E-state index is 12.0. The van der Waals surface area contributed by atoms with Gasteiger partial charge < -0.3 is 4.90 Å². The lowest BCUT2D eigenvalue weighted by atomic mass is 9.87. The summed E-state index contributed by atoms with van der Waals surface area (Å²) in [5.74, 6) is -0.325. The number of fused-ring (bicyclic) bond motifs is 1. The molecule has 0 spiro atoms. The molecule has 2 heterocycles. The summed E-state index contributed by atoms with van der Waals surface area (Å²) in [4.78, 5) is 18.4. The molecule has 0 saturated heterocycles. The second kappa shape index (κ2) is 7.35. The summed E-state index contributed by atoms with van der Waals surface area (Å²) in [7, 11) is 0. The summed E-state index contributed by atoms with van der Waals surface area (Å²) >= 11 is 0. The van der Waals surface area contributed by atoms with Gasteiger partial charge in [0, 0.05) is 23.5 Å². The highest BCUT2D eigenvalue weighted by Gasteiger charge is 2.32. The van der Waals surface area contributed by atoms with Gasteiger partial charge in [-0.2, -0.15) is 5.10 Å². The van der Waals surface area contributed by atoms with Crippen molar-refractivity contribution in [2.45, 2.75) is 46.2 Å². The molecule has 1 aromatic carbocycles. The lowest BCUT2D eigenvalue weighted by Crippen LogP contribution is -2.49. The maximum Gasteiger partial charge on any atom is 0.289 e. The topological polar surface area (TPSA) is 57.6 Å². The third-order valence-corrected chi connectivity index (χ3v) is 4.69. The Morgan fingerprint density at radius 2 is 2.04 bits per heavy atom. The summed E-state index contributed by atoms with van der Waals surface area (Å²) in [6, 6.07) is 11.9. The first kappa shape index (κ1) is 18.8. The highest BCUT2D eigenvalue weighted by Crippen LogP contribution is 2.40. The van der Waals surface area contributed by atoms with Crippen molar-refractivity contribution in [3.8, 4) is 0 Å². The lowest BCUT2D eigenvalue weighted by molar-refractivity contribution is 0.0950. The van der Waals surface area contributed by atoms with Crippen LogP contribution in [0.3, 0.4) is 0 Å². The molecule has 0 saturated carbocycles. The fourth-order valence-corrected chi connectivity index (χ4v) is 3.81. The van der Waals surface area contributed by atoms with E-state index in [2.05, 4.69) is 73.2 Å². The Balaban J connectivity index is 1.82. The number of carbonyl (C=O) groups excluding carboxylic acids is 1. The molecule has 3 rings (SSSR count). The van der Waals surface area contributed by atoms with Crippen molar-refractivity contribution in [3.63, 3.8) is 0 Å². The van der Waals surface area contributed by atoms with Gasteiger partial charge in [-0.15, -0.1) is 0 Å². The number of rotatable bonds is 4. The number of pyridine rings is 1. The van der Waals surface area contributed by atoms with Gasteiger partial charge in [-0.25, -0.2) is 5.43 Å². The molecule has 1 aliphatic rings. The van der Waals surface area contributed by atoms with Crippen LogP contribution in [0.5, 0.6) is 0 Å². The molecule has 140 valence electrons. The van der Waals surface area contributed by atoms with Gasteiger partial charge in [0.1, 0.15) is 5.69 Å². The van der Waals surface area contributed by atoms with Gasteiger partial charge in [0.25, 0.3) is 5.91 Å². The molecule has 2 aromatic rings. The number of allylic oxidation sites excluding steroid dienone is 1. The van der Waals surface area contributed by atoms with Crippen molar-refractivity contribution in [2.75, 3.05) is 4.90 Å². The van der Waals surface area contributed by atoms with Gasteiger partial charge in [0.2, 0.25) is 0 Å². The SMILES string of the molecule is CC1=CC(C)(C)N(C(C)C)c2ccc(/C=N\NC(=O)c3ccccn3)cc21. The third-order valence-electron chi connectivity index (χ3n) is 4.69. The molecule has 0 bridgehead atoms. The molecule has 0 atom stereocenters.